The molecule has 0 bridgehead atoms. The third-order valence-electron chi connectivity index (χ3n) is 2.80. The maximum atomic E-state index is 11.4. The van der Waals surface area contributed by atoms with Crippen LogP contribution < -0.4 is 5.11 Å². The highest BCUT2D eigenvalue weighted by molar-refractivity contribution is 8.10. The largest absolute Gasteiger partial charge is 0.548 e. The number of hydrogen-bond donors (Lipinski definition) is 1. The number of carbonyl (C=O) groups excluding carboxylic acids is 2. The minimum atomic E-state index is -3.89. The van der Waals surface area contributed by atoms with E-state index >= 15 is 0 Å². The van der Waals surface area contributed by atoms with Crippen LogP contribution in [0.3, 0.4) is 0 Å². The zero-order chi connectivity index (χ0) is 18.6. The summed E-state index contributed by atoms with van der Waals surface area (Å²) in [5.41, 5.74) is 0. The first-order chi connectivity index (χ1) is 10.4. The lowest BCUT2D eigenvalue weighted by molar-refractivity contribution is -0.310. The maximum Gasteiger partial charge on any atom is 0.354 e. The molecule has 2 atom stereocenters. The van der Waals surface area contributed by atoms with Crippen molar-refractivity contribution < 1.29 is 27.7 Å². The van der Waals surface area contributed by atoms with E-state index in [1.54, 1.807) is 38.3 Å². The number of allylic oxidation sites excluding steroid dienone is 1. The molecule has 9 heteroatoms. The van der Waals surface area contributed by atoms with E-state index in [1.165, 1.54) is 6.08 Å². The van der Waals surface area contributed by atoms with Crippen molar-refractivity contribution in [1.29, 1.82) is 0 Å². The molecule has 0 amide bonds. The molecule has 0 aromatic heterocycles. The Morgan fingerprint density at radius 1 is 1.35 bits per heavy atom. The summed E-state index contributed by atoms with van der Waals surface area (Å²) < 4.78 is 29.3. The van der Waals surface area contributed by atoms with Crippen molar-refractivity contribution in [2.75, 3.05) is 31.9 Å². The first-order valence-corrected chi connectivity index (χ1v) is 10.5. The van der Waals surface area contributed by atoms with Crippen LogP contribution in [0.1, 0.15) is 26.7 Å². The zero-order valence-corrected chi connectivity index (χ0v) is 15.9. The highest BCUT2D eigenvalue weighted by atomic mass is 32.2. The van der Waals surface area contributed by atoms with Crippen molar-refractivity contribution in [2.24, 2.45) is 0 Å². The van der Waals surface area contributed by atoms with Crippen molar-refractivity contribution in [3.63, 3.8) is 0 Å². The Kier molecular flexibility index (Phi) is 13.3. The maximum absolute atomic E-state index is 11.4. The number of likely N-dealkylation sites (N-methyl/N-ethyl adjacent to an activating group) is 1. The van der Waals surface area contributed by atoms with E-state index in [9.17, 15) is 23.1 Å². The molecule has 0 radical (unpaired) electrons. The summed E-state index contributed by atoms with van der Waals surface area (Å²) in [5.74, 6) is -0.795. The molecule has 0 aromatic carbocycles. The van der Waals surface area contributed by atoms with E-state index in [2.05, 4.69) is 0 Å². The van der Waals surface area contributed by atoms with Crippen molar-refractivity contribution in [2.45, 2.75) is 32.7 Å². The van der Waals surface area contributed by atoms with E-state index in [0.29, 0.717) is 12.2 Å². The van der Waals surface area contributed by atoms with Gasteiger partial charge in [0, 0.05) is 18.5 Å². The molecule has 0 fully saturated rings. The second-order valence-corrected chi connectivity index (χ2v) is 8.73. The number of aliphatic carboxylic acids is 1. The molecule has 23 heavy (non-hydrogen) atoms. The van der Waals surface area contributed by atoms with Crippen LogP contribution in [-0.4, -0.2) is 66.9 Å². The Bertz CT molecular complexity index is 487. The number of rotatable bonds is 8. The summed E-state index contributed by atoms with van der Waals surface area (Å²) in [6.07, 6.45) is 6.25. The van der Waals surface area contributed by atoms with Gasteiger partial charge in [0.15, 0.2) is 0 Å². The van der Waals surface area contributed by atoms with E-state index in [4.69, 9.17) is 4.55 Å². The highest BCUT2D eigenvalue weighted by Crippen LogP contribution is 2.00. The minimum Gasteiger partial charge on any atom is -0.548 e. The average molecular weight is 370 g/mol. The van der Waals surface area contributed by atoms with Gasteiger partial charge in [-0.05, 0) is 27.4 Å². The summed E-state index contributed by atoms with van der Waals surface area (Å²) in [7, 11) is -0.950. The van der Waals surface area contributed by atoms with E-state index in [0.717, 1.165) is 6.42 Å². The molecule has 0 aliphatic carbocycles. The number of carboxylic acid groups (broad SMARTS) is 1. The summed E-state index contributed by atoms with van der Waals surface area (Å²) in [6, 6.07) is -0.491. The molecule has 0 heterocycles. The smallest absolute Gasteiger partial charge is 0.354 e. The number of carbonyl (C=O) groups is 2. The summed E-state index contributed by atoms with van der Waals surface area (Å²) in [6.45, 7) is 3.52. The molecule has 0 saturated carbocycles. The summed E-state index contributed by atoms with van der Waals surface area (Å²) in [4.78, 5) is 22.9. The summed E-state index contributed by atoms with van der Waals surface area (Å²) >= 11 is 0. The fraction of sp³-hybridized carbons (Fsp3) is 0.714. The van der Waals surface area contributed by atoms with Crippen LogP contribution in [0.15, 0.2) is 12.2 Å². The summed E-state index contributed by atoms with van der Waals surface area (Å²) in [5, 5.41) is 10.0. The SMILES string of the molecule is CC(C(=O)[O-])N(C)C.CCC=CC(=O)[S+](C)CCCS(=O)(=O)O. The lowest BCUT2D eigenvalue weighted by Gasteiger charge is -2.19. The third-order valence-corrected chi connectivity index (χ3v) is 5.33. The van der Waals surface area contributed by atoms with Gasteiger partial charge in [0.1, 0.15) is 12.0 Å². The standard InChI is InChI=1S/C9H16O4S2.C5H11NO2/c1-3-4-6-9(10)14(2)7-5-8-15(11,12)13;1-4(5(7)8)6(2)3/h4,6H,3,5,7-8H2,1-2H3;4H,1-3H3,(H,7,8). The van der Waals surface area contributed by atoms with Gasteiger partial charge in [0.2, 0.25) is 0 Å². The monoisotopic (exact) mass is 369 g/mol. The molecule has 0 aromatic rings. The van der Waals surface area contributed by atoms with Crippen molar-refractivity contribution in [3.8, 4) is 0 Å². The lowest BCUT2D eigenvalue weighted by Crippen LogP contribution is -2.42. The third kappa shape index (κ3) is 15.8. The Morgan fingerprint density at radius 3 is 2.17 bits per heavy atom. The van der Waals surface area contributed by atoms with E-state index in [-0.39, 0.29) is 10.9 Å². The molecule has 0 spiro atoms. The molecule has 0 rings (SSSR count). The van der Waals surface area contributed by atoms with Gasteiger partial charge in [0.05, 0.1) is 22.6 Å². The molecule has 0 aliphatic rings. The van der Waals surface area contributed by atoms with Crippen LogP contribution in [0.25, 0.3) is 0 Å². The Morgan fingerprint density at radius 2 is 1.87 bits per heavy atom. The molecule has 0 saturated heterocycles. The average Bonchev–Trinajstić information content (AvgIpc) is 2.42. The van der Waals surface area contributed by atoms with Crippen LogP contribution in [0, 0.1) is 0 Å². The molecule has 0 aliphatic heterocycles. The first-order valence-electron chi connectivity index (χ1n) is 7.07. The second-order valence-electron chi connectivity index (χ2n) is 5.07. The Balaban J connectivity index is 0. The predicted molar refractivity (Wildman–Crippen MR) is 91.8 cm³/mol. The molecular weight excluding hydrogens is 342 g/mol. The van der Waals surface area contributed by atoms with Gasteiger partial charge in [-0.2, -0.15) is 8.42 Å². The van der Waals surface area contributed by atoms with Crippen LogP contribution in [-0.2, 0) is 30.6 Å². The van der Waals surface area contributed by atoms with Crippen molar-refractivity contribution >= 4 is 32.1 Å². The number of carboxylic acids is 1. The fourth-order valence-electron chi connectivity index (χ4n) is 1.10. The Labute approximate surface area is 141 Å². The van der Waals surface area contributed by atoms with Crippen LogP contribution in [0.4, 0.5) is 0 Å². The quantitative estimate of drug-likeness (QED) is 0.354. The van der Waals surface area contributed by atoms with Gasteiger partial charge in [0.25, 0.3) is 10.1 Å². The molecular formula is C14H27NO6S2. The number of nitrogens with zero attached hydrogens (tertiary/aromatic N) is 1. The predicted octanol–water partition coefficient (Wildman–Crippen LogP) is -0.308. The van der Waals surface area contributed by atoms with Crippen LogP contribution in [0.2, 0.25) is 0 Å². The fourth-order valence-corrected chi connectivity index (χ4v) is 2.90. The molecule has 1 N–H and O–H groups in total. The van der Waals surface area contributed by atoms with Crippen molar-refractivity contribution in [1.82, 2.24) is 4.90 Å². The zero-order valence-electron chi connectivity index (χ0n) is 14.3. The normalized spacial score (nSPS) is 14.2. The number of hydrogen-bond acceptors (Lipinski definition) is 6. The molecule has 2 unspecified atom stereocenters. The minimum absolute atomic E-state index is 0.0344. The highest BCUT2D eigenvalue weighted by Gasteiger charge is 2.20. The van der Waals surface area contributed by atoms with Gasteiger partial charge in [-0.15, -0.1) is 0 Å². The topological polar surface area (TPSA) is 115 Å². The van der Waals surface area contributed by atoms with E-state index in [1.807, 2.05) is 6.92 Å². The van der Waals surface area contributed by atoms with Gasteiger partial charge < -0.3 is 14.8 Å². The first kappa shape index (κ1) is 24.4. The van der Waals surface area contributed by atoms with Crippen LogP contribution >= 0.6 is 0 Å². The Hall–Kier alpha value is -0.900. The second kappa shape index (κ2) is 12.5. The molecule has 7 nitrogen and oxygen atoms in total. The van der Waals surface area contributed by atoms with Gasteiger partial charge in [-0.3, -0.25) is 4.55 Å². The molecule has 136 valence electrons. The van der Waals surface area contributed by atoms with Crippen molar-refractivity contribution in [3.05, 3.63) is 12.2 Å². The lowest BCUT2D eigenvalue weighted by atomic mass is 10.3. The van der Waals surface area contributed by atoms with Gasteiger partial charge in [-0.25, -0.2) is 4.79 Å². The van der Waals surface area contributed by atoms with Crippen LogP contribution in [0.5, 0.6) is 0 Å². The van der Waals surface area contributed by atoms with Gasteiger partial charge >= 0.3 is 5.12 Å². The van der Waals surface area contributed by atoms with Gasteiger partial charge in [-0.1, -0.05) is 13.0 Å². The van der Waals surface area contributed by atoms with E-state index < -0.39 is 33.0 Å².